The number of likely N-dealkylation sites (tertiary alicyclic amines) is 1. The third kappa shape index (κ3) is 3.58. The van der Waals surface area contributed by atoms with Gasteiger partial charge in [0, 0.05) is 25.7 Å². The Morgan fingerprint density at radius 1 is 1.40 bits per heavy atom. The normalized spacial score (nSPS) is 20.4. The average molecular weight is 275 g/mol. The van der Waals surface area contributed by atoms with Gasteiger partial charge >= 0.3 is 0 Å². The second-order valence-corrected chi connectivity index (χ2v) is 5.81. The summed E-state index contributed by atoms with van der Waals surface area (Å²) in [6.07, 6.45) is 1.79. The first-order chi connectivity index (χ1) is 9.61. The molecule has 4 nitrogen and oxygen atoms in total. The number of rotatable bonds is 5. The molecular weight excluding hydrogens is 250 g/mol. The lowest BCUT2D eigenvalue weighted by Gasteiger charge is -2.24. The molecule has 2 N–H and O–H groups in total. The molecule has 1 amide bonds. The number of hydrogen-bond acceptors (Lipinski definition) is 3. The van der Waals surface area contributed by atoms with Crippen molar-refractivity contribution in [1.82, 2.24) is 9.80 Å². The third-order valence-electron chi connectivity index (χ3n) is 4.16. The molecule has 0 aromatic heterocycles. The monoisotopic (exact) mass is 275 g/mol. The van der Waals surface area contributed by atoms with Gasteiger partial charge < -0.3 is 15.5 Å². The molecular formula is C16H25N3O. The van der Waals surface area contributed by atoms with Crippen LogP contribution in [0.15, 0.2) is 30.3 Å². The second-order valence-electron chi connectivity index (χ2n) is 5.81. The largest absolute Gasteiger partial charge is 0.341 e. The summed E-state index contributed by atoms with van der Waals surface area (Å²) in [6.45, 7) is 2.10. The number of benzene rings is 1. The van der Waals surface area contributed by atoms with Gasteiger partial charge in [0.2, 0.25) is 5.91 Å². The summed E-state index contributed by atoms with van der Waals surface area (Å²) in [5.41, 5.74) is 7.01. The Kier molecular flexibility index (Phi) is 5.15. The number of carbonyl (C=O) groups excluding carboxylic acids is 1. The highest BCUT2D eigenvalue weighted by Gasteiger charge is 2.31. The first-order valence-electron chi connectivity index (χ1n) is 7.31. The lowest BCUT2D eigenvalue weighted by Crippen LogP contribution is -2.40. The molecule has 2 atom stereocenters. The van der Waals surface area contributed by atoms with Crippen LogP contribution < -0.4 is 5.73 Å². The van der Waals surface area contributed by atoms with Crippen LogP contribution in [-0.2, 0) is 11.2 Å². The fraction of sp³-hybridized carbons (Fsp3) is 0.562. The molecule has 1 aliphatic rings. The molecule has 0 spiro atoms. The summed E-state index contributed by atoms with van der Waals surface area (Å²) in [7, 11) is 4.14. The highest BCUT2D eigenvalue weighted by molar-refractivity contribution is 5.79. The zero-order valence-electron chi connectivity index (χ0n) is 12.5. The Bertz CT molecular complexity index is 433. The minimum absolute atomic E-state index is 0.0988. The smallest absolute Gasteiger partial charge is 0.227 e. The number of likely N-dealkylation sites (N-methyl/N-ethyl adjacent to an activating group) is 1. The van der Waals surface area contributed by atoms with E-state index in [2.05, 4.69) is 31.1 Å². The summed E-state index contributed by atoms with van der Waals surface area (Å²) in [4.78, 5) is 16.8. The number of nitrogens with two attached hydrogens (primary N) is 1. The molecule has 2 unspecified atom stereocenters. The summed E-state index contributed by atoms with van der Waals surface area (Å²) in [5, 5.41) is 0. The molecule has 1 fully saturated rings. The van der Waals surface area contributed by atoms with Crippen LogP contribution in [0.1, 0.15) is 12.0 Å². The van der Waals surface area contributed by atoms with E-state index in [1.807, 2.05) is 23.1 Å². The van der Waals surface area contributed by atoms with Crippen molar-refractivity contribution in [1.29, 1.82) is 0 Å². The Labute approximate surface area is 121 Å². The van der Waals surface area contributed by atoms with Gasteiger partial charge in [-0.1, -0.05) is 30.3 Å². The second kappa shape index (κ2) is 6.86. The standard InChI is InChI=1S/C16H25N3O/c1-18(2)15-8-9-19(12-15)16(20)14(11-17)10-13-6-4-3-5-7-13/h3-7,14-15H,8-12,17H2,1-2H3. The molecule has 4 heteroatoms. The maximum Gasteiger partial charge on any atom is 0.227 e. The van der Waals surface area contributed by atoms with Gasteiger partial charge in [0.25, 0.3) is 0 Å². The topological polar surface area (TPSA) is 49.6 Å². The van der Waals surface area contributed by atoms with Gasteiger partial charge in [0.05, 0.1) is 5.92 Å². The van der Waals surface area contributed by atoms with Gasteiger partial charge in [-0.25, -0.2) is 0 Å². The molecule has 1 heterocycles. The van der Waals surface area contributed by atoms with Crippen LogP contribution in [0, 0.1) is 5.92 Å². The van der Waals surface area contributed by atoms with Gasteiger partial charge in [-0.15, -0.1) is 0 Å². The molecule has 1 aromatic carbocycles. The number of hydrogen-bond donors (Lipinski definition) is 1. The quantitative estimate of drug-likeness (QED) is 0.871. The van der Waals surface area contributed by atoms with Crippen molar-refractivity contribution >= 4 is 5.91 Å². The van der Waals surface area contributed by atoms with Crippen LogP contribution in [0.4, 0.5) is 0 Å². The van der Waals surface area contributed by atoms with Crippen molar-refractivity contribution in [3.63, 3.8) is 0 Å². The van der Waals surface area contributed by atoms with Crippen LogP contribution in [0.3, 0.4) is 0 Å². The zero-order valence-corrected chi connectivity index (χ0v) is 12.5. The molecule has 1 aliphatic heterocycles. The maximum atomic E-state index is 12.6. The minimum atomic E-state index is -0.0988. The highest BCUT2D eigenvalue weighted by atomic mass is 16.2. The Balaban J connectivity index is 1.96. The molecule has 1 aromatic rings. The average Bonchev–Trinajstić information content (AvgIpc) is 2.95. The Hall–Kier alpha value is -1.39. The molecule has 1 saturated heterocycles. The first kappa shape index (κ1) is 15.0. The summed E-state index contributed by atoms with van der Waals surface area (Å²) >= 11 is 0. The summed E-state index contributed by atoms with van der Waals surface area (Å²) < 4.78 is 0. The van der Waals surface area contributed by atoms with Crippen LogP contribution in [0.25, 0.3) is 0 Å². The predicted molar refractivity (Wildman–Crippen MR) is 81.4 cm³/mol. The third-order valence-corrected chi connectivity index (χ3v) is 4.16. The van der Waals surface area contributed by atoms with Crippen molar-refractivity contribution in [2.24, 2.45) is 11.7 Å². The van der Waals surface area contributed by atoms with Crippen molar-refractivity contribution in [2.45, 2.75) is 18.9 Å². The lowest BCUT2D eigenvalue weighted by atomic mass is 9.98. The molecule has 0 saturated carbocycles. The minimum Gasteiger partial charge on any atom is -0.341 e. The maximum absolute atomic E-state index is 12.6. The van der Waals surface area contributed by atoms with Crippen molar-refractivity contribution < 1.29 is 4.79 Å². The van der Waals surface area contributed by atoms with Crippen molar-refractivity contribution in [3.8, 4) is 0 Å². The van der Waals surface area contributed by atoms with E-state index in [4.69, 9.17) is 5.73 Å². The molecule has 20 heavy (non-hydrogen) atoms. The van der Waals surface area contributed by atoms with Crippen LogP contribution >= 0.6 is 0 Å². The predicted octanol–water partition coefficient (Wildman–Crippen LogP) is 0.967. The van der Waals surface area contributed by atoms with Gasteiger partial charge in [-0.2, -0.15) is 0 Å². The zero-order chi connectivity index (χ0) is 14.5. The van der Waals surface area contributed by atoms with E-state index in [-0.39, 0.29) is 11.8 Å². The van der Waals surface area contributed by atoms with Gasteiger partial charge in [-0.05, 0) is 32.5 Å². The van der Waals surface area contributed by atoms with E-state index in [1.165, 1.54) is 5.56 Å². The van der Waals surface area contributed by atoms with E-state index < -0.39 is 0 Å². The van der Waals surface area contributed by atoms with Gasteiger partial charge in [-0.3, -0.25) is 4.79 Å². The van der Waals surface area contributed by atoms with E-state index in [0.717, 1.165) is 25.9 Å². The number of amides is 1. The van der Waals surface area contributed by atoms with Crippen molar-refractivity contribution in [2.75, 3.05) is 33.7 Å². The fourth-order valence-electron chi connectivity index (χ4n) is 2.79. The van der Waals surface area contributed by atoms with Gasteiger partial charge in [0.1, 0.15) is 0 Å². The summed E-state index contributed by atoms with van der Waals surface area (Å²) in [6, 6.07) is 10.6. The Morgan fingerprint density at radius 3 is 2.65 bits per heavy atom. The van der Waals surface area contributed by atoms with E-state index in [9.17, 15) is 4.79 Å². The first-order valence-corrected chi connectivity index (χ1v) is 7.31. The number of nitrogens with zero attached hydrogens (tertiary/aromatic N) is 2. The van der Waals surface area contributed by atoms with Gasteiger partial charge in [0.15, 0.2) is 0 Å². The molecule has 2 rings (SSSR count). The van der Waals surface area contributed by atoms with Crippen molar-refractivity contribution in [3.05, 3.63) is 35.9 Å². The van der Waals surface area contributed by atoms with Crippen LogP contribution in [-0.4, -0.2) is 55.5 Å². The SMILES string of the molecule is CN(C)C1CCN(C(=O)C(CN)Cc2ccccc2)C1. The van der Waals surface area contributed by atoms with E-state index in [1.54, 1.807) is 0 Å². The van der Waals surface area contributed by atoms with Crippen LogP contribution in [0.2, 0.25) is 0 Å². The fourth-order valence-corrected chi connectivity index (χ4v) is 2.79. The molecule has 0 bridgehead atoms. The molecule has 0 aliphatic carbocycles. The highest BCUT2D eigenvalue weighted by Crippen LogP contribution is 2.18. The number of carbonyl (C=O) groups is 1. The van der Waals surface area contributed by atoms with E-state index in [0.29, 0.717) is 12.6 Å². The van der Waals surface area contributed by atoms with E-state index >= 15 is 0 Å². The lowest BCUT2D eigenvalue weighted by molar-refractivity contribution is -0.134. The molecule has 110 valence electrons. The summed E-state index contributed by atoms with van der Waals surface area (Å²) in [5.74, 6) is 0.110. The van der Waals surface area contributed by atoms with Crippen LogP contribution in [0.5, 0.6) is 0 Å². The Morgan fingerprint density at radius 2 is 2.10 bits per heavy atom. The molecule has 0 radical (unpaired) electrons.